The Balaban J connectivity index is 2.06. The number of Topliss-reactive ketones (excluding diaryl/α,β-unsaturated/α-hetero) is 1. The first kappa shape index (κ1) is 15.1. The average molecular weight is 281 g/mol. The minimum absolute atomic E-state index is 0.0554. The molecule has 2 heterocycles. The van der Waals surface area contributed by atoms with Gasteiger partial charge in [0.05, 0.1) is 12.5 Å². The molecular formula is C14H23N3O3. The summed E-state index contributed by atoms with van der Waals surface area (Å²) < 4.78 is 11.0. The summed E-state index contributed by atoms with van der Waals surface area (Å²) in [6.07, 6.45) is 1.63. The number of carbonyl (C=O) groups excluding carboxylic acids is 1. The second-order valence-corrected chi connectivity index (χ2v) is 5.22. The van der Waals surface area contributed by atoms with Crippen LogP contribution < -0.4 is 0 Å². The van der Waals surface area contributed by atoms with Gasteiger partial charge in [0.2, 0.25) is 11.7 Å². The van der Waals surface area contributed by atoms with Gasteiger partial charge < -0.3 is 9.26 Å². The Bertz CT molecular complexity index is 445. The molecule has 0 amide bonds. The van der Waals surface area contributed by atoms with Crippen LogP contribution in [-0.2, 0) is 9.53 Å². The van der Waals surface area contributed by atoms with Crippen LogP contribution in [0.25, 0.3) is 0 Å². The highest BCUT2D eigenvalue weighted by Gasteiger charge is 2.28. The summed E-state index contributed by atoms with van der Waals surface area (Å²) >= 11 is 0. The van der Waals surface area contributed by atoms with Crippen molar-refractivity contribution in [3.8, 4) is 0 Å². The topological polar surface area (TPSA) is 68.5 Å². The van der Waals surface area contributed by atoms with Crippen molar-refractivity contribution in [2.24, 2.45) is 0 Å². The molecule has 20 heavy (non-hydrogen) atoms. The molecule has 0 aliphatic carbocycles. The smallest absolute Gasteiger partial charge is 0.237 e. The summed E-state index contributed by atoms with van der Waals surface area (Å²) in [5.74, 6) is 0.721. The van der Waals surface area contributed by atoms with Crippen LogP contribution >= 0.6 is 0 Å². The maximum Gasteiger partial charge on any atom is 0.237 e. The maximum absolute atomic E-state index is 11.5. The Morgan fingerprint density at radius 2 is 2.30 bits per heavy atom. The molecule has 0 bridgehead atoms. The summed E-state index contributed by atoms with van der Waals surface area (Å²) in [5, 5.41) is 4.00. The number of carbonyl (C=O) groups is 1. The van der Waals surface area contributed by atoms with E-state index in [1.807, 2.05) is 6.92 Å². The molecule has 0 N–H and O–H groups in total. The number of morpholine rings is 1. The van der Waals surface area contributed by atoms with Crippen LogP contribution in [0, 0.1) is 0 Å². The lowest BCUT2D eigenvalue weighted by molar-refractivity contribution is -0.119. The summed E-state index contributed by atoms with van der Waals surface area (Å²) in [6, 6.07) is 0. The third-order valence-electron chi connectivity index (χ3n) is 3.63. The second kappa shape index (κ2) is 6.95. The molecule has 1 aliphatic heterocycles. The van der Waals surface area contributed by atoms with Crippen molar-refractivity contribution in [1.82, 2.24) is 15.0 Å². The quantitative estimate of drug-likeness (QED) is 0.793. The number of hydrogen-bond donors (Lipinski definition) is 0. The highest BCUT2D eigenvalue weighted by atomic mass is 16.5. The normalized spacial score (nSPS) is 21.9. The zero-order valence-electron chi connectivity index (χ0n) is 12.5. The van der Waals surface area contributed by atoms with Crippen molar-refractivity contribution >= 4 is 5.78 Å². The lowest BCUT2D eigenvalue weighted by Gasteiger charge is -2.30. The fourth-order valence-corrected chi connectivity index (χ4v) is 2.53. The minimum atomic E-state index is -0.299. The number of nitrogens with zero attached hydrogens (tertiary/aromatic N) is 3. The lowest BCUT2D eigenvalue weighted by Crippen LogP contribution is -2.39. The summed E-state index contributed by atoms with van der Waals surface area (Å²) in [4.78, 5) is 18.2. The maximum atomic E-state index is 11.5. The number of hydrogen-bond acceptors (Lipinski definition) is 6. The minimum Gasteiger partial charge on any atom is -0.367 e. The Labute approximate surface area is 119 Å². The predicted octanol–water partition coefficient (Wildman–Crippen LogP) is 1.94. The molecule has 2 unspecified atom stereocenters. The van der Waals surface area contributed by atoms with Crippen LogP contribution in [0.2, 0.25) is 0 Å². The molecule has 0 radical (unpaired) electrons. The first-order valence-electron chi connectivity index (χ1n) is 7.33. The van der Waals surface area contributed by atoms with Crippen molar-refractivity contribution in [2.45, 2.75) is 45.6 Å². The number of ketones is 1. The Morgan fingerprint density at radius 1 is 1.50 bits per heavy atom. The van der Waals surface area contributed by atoms with E-state index in [1.165, 1.54) is 0 Å². The van der Waals surface area contributed by atoms with Gasteiger partial charge in [-0.3, -0.25) is 9.69 Å². The van der Waals surface area contributed by atoms with Crippen LogP contribution in [-0.4, -0.2) is 47.1 Å². The zero-order chi connectivity index (χ0) is 14.5. The molecule has 1 aromatic rings. The Hall–Kier alpha value is -1.27. The van der Waals surface area contributed by atoms with E-state index in [4.69, 9.17) is 9.26 Å². The average Bonchev–Trinajstić information content (AvgIpc) is 2.89. The molecule has 0 saturated carbocycles. The summed E-state index contributed by atoms with van der Waals surface area (Å²) in [7, 11) is 0. The first-order chi connectivity index (χ1) is 9.65. The molecule has 0 aromatic carbocycles. The number of aromatic nitrogens is 2. The van der Waals surface area contributed by atoms with Gasteiger partial charge in [-0.15, -0.1) is 0 Å². The largest absolute Gasteiger partial charge is 0.367 e. The molecular weight excluding hydrogens is 258 g/mol. The van der Waals surface area contributed by atoms with Crippen LogP contribution in [0.1, 0.15) is 57.3 Å². The van der Waals surface area contributed by atoms with Gasteiger partial charge in [0.25, 0.3) is 0 Å². The van der Waals surface area contributed by atoms with Gasteiger partial charge in [0.1, 0.15) is 11.9 Å². The van der Waals surface area contributed by atoms with Crippen molar-refractivity contribution in [3.63, 3.8) is 0 Å². The van der Waals surface area contributed by atoms with Crippen molar-refractivity contribution < 1.29 is 14.1 Å². The van der Waals surface area contributed by atoms with Crippen LogP contribution in [0.4, 0.5) is 0 Å². The highest BCUT2D eigenvalue weighted by molar-refractivity contribution is 5.82. The van der Waals surface area contributed by atoms with Gasteiger partial charge in [0, 0.05) is 13.1 Å². The SMILES string of the molecule is CCCN1CCOC(c2noc(C(CC)C(C)=O)n2)C1. The molecule has 2 rings (SSSR count). The van der Waals surface area contributed by atoms with E-state index in [2.05, 4.69) is 22.0 Å². The van der Waals surface area contributed by atoms with Crippen molar-refractivity contribution in [1.29, 1.82) is 0 Å². The van der Waals surface area contributed by atoms with E-state index in [9.17, 15) is 4.79 Å². The lowest BCUT2D eigenvalue weighted by atomic mass is 10.0. The molecule has 0 spiro atoms. The predicted molar refractivity (Wildman–Crippen MR) is 73.4 cm³/mol. The van der Waals surface area contributed by atoms with Gasteiger partial charge in [-0.05, 0) is 26.3 Å². The summed E-state index contributed by atoms with van der Waals surface area (Å²) in [5.41, 5.74) is 0. The van der Waals surface area contributed by atoms with Crippen molar-refractivity contribution in [2.75, 3.05) is 26.2 Å². The third-order valence-corrected chi connectivity index (χ3v) is 3.63. The van der Waals surface area contributed by atoms with Crippen molar-refractivity contribution in [3.05, 3.63) is 11.7 Å². The van der Waals surface area contributed by atoms with Gasteiger partial charge in [-0.2, -0.15) is 4.98 Å². The fraction of sp³-hybridized carbons (Fsp3) is 0.786. The number of rotatable bonds is 6. The monoisotopic (exact) mass is 281 g/mol. The fourth-order valence-electron chi connectivity index (χ4n) is 2.53. The molecule has 6 heteroatoms. The molecule has 2 atom stereocenters. The summed E-state index contributed by atoms with van der Waals surface area (Å²) in [6.45, 7) is 9.11. The Morgan fingerprint density at radius 3 is 2.95 bits per heavy atom. The van der Waals surface area contributed by atoms with Crippen LogP contribution in [0.3, 0.4) is 0 Å². The standard InChI is InChI=1S/C14H23N3O3/c1-4-6-17-7-8-19-12(9-17)13-15-14(20-16-13)11(5-2)10(3)18/h11-12H,4-9H2,1-3H3. The molecule has 1 fully saturated rings. The Kier molecular flexibility index (Phi) is 5.25. The van der Waals surface area contributed by atoms with E-state index >= 15 is 0 Å². The third kappa shape index (κ3) is 3.43. The van der Waals surface area contributed by atoms with E-state index in [1.54, 1.807) is 6.92 Å². The molecule has 1 aromatic heterocycles. The zero-order valence-corrected chi connectivity index (χ0v) is 12.5. The van der Waals surface area contributed by atoms with Crippen LogP contribution in [0.5, 0.6) is 0 Å². The highest BCUT2D eigenvalue weighted by Crippen LogP contribution is 2.24. The van der Waals surface area contributed by atoms with Gasteiger partial charge in [-0.25, -0.2) is 0 Å². The van der Waals surface area contributed by atoms with E-state index in [0.717, 1.165) is 26.1 Å². The molecule has 1 saturated heterocycles. The van der Waals surface area contributed by atoms with E-state index < -0.39 is 0 Å². The van der Waals surface area contributed by atoms with Gasteiger partial charge in [0.15, 0.2) is 0 Å². The van der Waals surface area contributed by atoms with Gasteiger partial charge >= 0.3 is 0 Å². The first-order valence-corrected chi connectivity index (χ1v) is 7.33. The molecule has 1 aliphatic rings. The second-order valence-electron chi connectivity index (χ2n) is 5.22. The van der Waals surface area contributed by atoms with Gasteiger partial charge in [-0.1, -0.05) is 19.0 Å². The van der Waals surface area contributed by atoms with Crippen LogP contribution in [0.15, 0.2) is 4.52 Å². The van der Waals surface area contributed by atoms with E-state index in [-0.39, 0.29) is 17.8 Å². The molecule has 6 nitrogen and oxygen atoms in total. The van der Waals surface area contributed by atoms with E-state index in [0.29, 0.717) is 24.7 Å². The number of ether oxygens (including phenoxy) is 1. The molecule has 112 valence electrons.